The molecule has 1 atom stereocenters. The molecule has 4 heteroatoms. The van der Waals surface area contributed by atoms with Crippen LogP contribution in [0.15, 0.2) is 60.5 Å². The third-order valence-electron chi connectivity index (χ3n) is 2.45. The van der Waals surface area contributed by atoms with Crippen molar-refractivity contribution < 1.29 is 4.52 Å². The lowest BCUT2D eigenvalue weighted by atomic mass is 10.1. The first-order chi connectivity index (χ1) is 8.13. The van der Waals surface area contributed by atoms with Gasteiger partial charge in [0, 0.05) is 11.9 Å². The van der Waals surface area contributed by atoms with Gasteiger partial charge in [-0.05, 0) is 16.9 Å². The standard InChI is InChI=1S/C13H13OPS2/c1-2-3-4-8-12-10-11-7-5-6-9-13(11)14-15(12,16)17/h2-9H,1,10H2,(H,16,17)/p-1/b4-3-,12-8+. The Balaban J connectivity index is 2.38. The van der Waals surface area contributed by atoms with Gasteiger partial charge in [-0.2, -0.15) is 0 Å². The first-order valence-electron chi connectivity index (χ1n) is 5.21. The van der Waals surface area contributed by atoms with Crippen LogP contribution in [0.1, 0.15) is 5.56 Å². The highest BCUT2D eigenvalue weighted by molar-refractivity contribution is 8.54. The molecule has 0 amide bonds. The normalized spacial score (nSPS) is 25.6. The van der Waals surface area contributed by atoms with Gasteiger partial charge in [0.15, 0.2) is 0 Å². The van der Waals surface area contributed by atoms with Crippen molar-refractivity contribution in [3.05, 3.63) is 66.0 Å². The molecule has 1 aliphatic rings. The number of rotatable bonds is 2. The molecule has 88 valence electrons. The van der Waals surface area contributed by atoms with Crippen LogP contribution in [0.4, 0.5) is 0 Å². The molecule has 0 saturated carbocycles. The summed E-state index contributed by atoms with van der Waals surface area (Å²) in [6.07, 6.45) is 8.25. The molecular weight excluding hydrogens is 267 g/mol. The van der Waals surface area contributed by atoms with E-state index in [4.69, 9.17) is 28.6 Å². The van der Waals surface area contributed by atoms with Gasteiger partial charge in [-0.1, -0.05) is 60.9 Å². The molecule has 1 nitrogen and oxygen atoms in total. The van der Waals surface area contributed by atoms with Crippen molar-refractivity contribution in [2.24, 2.45) is 0 Å². The van der Waals surface area contributed by atoms with Crippen molar-refractivity contribution >= 4 is 29.5 Å². The van der Waals surface area contributed by atoms with Crippen LogP contribution in [-0.4, -0.2) is 0 Å². The van der Waals surface area contributed by atoms with Crippen LogP contribution in [0.2, 0.25) is 0 Å². The molecule has 1 aromatic carbocycles. The van der Waals surface area contributed by atoms with Crippen molar-refractivity contribution in [1.82, 2.24) is 0 Å². The number of benzene rings is 1. The Hall–Kier alpha value is -0.760. The van der Waals surface area contributed by atoms with E-state index in [0.29, 0.717) is 0 Å². The summed E-state index contributed by atoms with van der Waals surface area (Å²) in [4.78, 5) is 0. The predicted octanol–water partition coefficient (Wildman–Crippen LogP) is 4.10. The Labute approximate surface area is 112 Å². The highest BCUT2D eigenvalue weighted by atomic mass is 32.9. The molecule has 0 N–H and O–H groups in total. The van der Waals surface area contributed by atoms with Gasteiger partial charge >= 0.3 is 0 Å². The van der Waals surface area contributed by atoms with Crippen molar-refractivity contribution in [1.29, 1.82) is 0 Å². The van der Waals surface area contributed by atoms with Gasteiger partial charge in [0.25, 0.3) is 0 Å². The van der Waals surface area contributed by atoms with Crippen LogP contribution < -0.4 is 4.52 Å². The Morgan fingerprint density at radius 3 is 2.88 bits per heavy atom. The number of para-hydroxylation sites is 1. The van der Waals surface area contributed by atoms with E-state index < -0.39 is 5.47 Å². The van der Waals surface area contributed by atoms with Gasteiger partial charge in [-0.15, -0.1) is 0 Å². The van der Waals surface area contributed by atoms with E-state index in [1.54, 1.807) is 6.08 Å². The molecule has 0 saturated heterocycles. The number of hydrogen-bond acceptors (Lipinski definition) is 3. The summed E-state index contributed by atoms with van der Waals surface area (Å²) >= 11 is 10.8. The lowest BCUT2D eigenvalue weighted by Gasteiger charge is -2.37. The monoisotopic (exact) mass is 279 g/mol. The third-order valence-corrected chi connectivity index (χ3v) is 5.75. The maximum Gasteiger partial charge on any atom is 0.125 e. The van der Waals surface area contributed by atoms with Crippen LogP contribution >= 0.6 is 5.47 Å². The van der Waals surface area contributed by atoms with Gasteiger partial charge in [0.1, 0.15) is 5.75 Å². The minimum absolute atomic E-state index is 0.790. The SMILES string of the molecule is C=C/C=C\C=C1/Cc2ccccc2OP1(=S)[S-]. The molecule has 0 radical (unpaired) electrons. The molecule has 0 fully saturated rings. The summed E-state index contributed by atoms with van der Waals surface area (Å²) in [5.74, 6) is 0.843. The molecule has 1 unspecified atom stereocenters. The van der Waals surface area contributed by atoms with Gasteiger partial charge in [-0.3, -0.25) is 0 Å². The van der Waals surface area contributed by atoms with Crippen molar-refractivity contribution in [3.63, 3.8) is 0 Å². The molecule has 0 aromatic heterocycles. The summed E-state index contributed by atoms with van der Waals surface area (Å²) in [7, 11) is 0. The fourth-order valence-corrected chi connectivity index (χ4v) is 4.04. The number of hydrogen-bond donors (Lipinski definition) is 0. The van der Waals surface area contributed by atoms with Gasteiger partial charge in [0.05, 0.1) is 0 Å². The molecule has 17 heavy (non-hydrogen) atoms. The summed E-state index contributed by atoms with van der Waals surface area (Å²) in [6.45, 7) is 3.63. The lowest BCUT2D eigenvalue weighted by molar-refractivity contribution is 0.609. The minimum atomic E-state index is -2.28. The van der Waals surface area contributed by atoms with Gasteiger partial charge in [0.2, 0.25) is 0 Å². The number of fused-ring (bicyclic) bond motifs is 1. The fourth-order valence-electron chi connectivity index (χ4n) is 1.61. The van der Waals surface area contributed by atoms with Crippen molar-refractivity contribution in [2.75, 3.05) is 0 Å². The zero-order valence-electron chi connectivity index (χ0n) is 9.20. The molecule has 0 spiro atoms. The zero-order chi connectivity index (χ0) is 12.3. The Morgan fingerprint density at radius 1 is 1.35 bits per heavy atom. The van der Waals surface area contributed by atoms with Crippen LogP contribution in [0, 0.1) is 0 Å². The highest BCUT2D eigenvalue weighted by Crippen LogP contribution is 2.58. The Morgan fingerprint density at radius 2 is 2.12 bits per heavy atom. The minimum Gasteiger partial charge on any atom is -0.702 e. The third kappa shape index (κ3) is 2.92. The zero-order valence-corrected chi connectivity index (χ0v) is 11.7. The second kappa shape index (κ2) is 5.26. The van der Waals surface area contributed by atoms with Crippen LogP contribution in [0.3, 0.4) is 0 Å². The van der Waals surface area contributed by atoms with Gasteiger partial charge in [-0.25, -0.2) is 0 Å². The highest BCUT2D eigenvalue weighted by Gasteiger charge is 2.19. The van der Waals surface area contributed by atoms with E-state index >= 15 is 0 Å². The Kier molecular flexibility index (Phi) is 3.93. The second-order valence-corrected chi connectivity index (χ2v) is 9.18. The maximum absolute atomic E-state index is 5.78. The van der Waals surface area contributed by atoms with Crippen LogP contribution in [0.5, 0.6) is 5.75 Å². The molecule has 1 aromatic rings. The van der Waals surface area contributed by atoms with E-state index in [2.05, 4.69) is 6.58 Å². The van der Waals surface area contributed by atoms with Crippen molar-refractivity contribution in [2.45, 2.75) is 6.42 Å². The van der Waals surface area contributed by atoms with E-state index in [9.17, 15) is 0 Å². The van der Waals surface area contributed by atoms with E-state index in [1.807, 2.05) is 42.5 Å². The predicted molar refractivity (Wildman–Crippen MR) is 79.8 cm³/mol. The van der Waals surface area contributed by atoms with E-state index in [0.717, 1.165) is 23.0 Å². The largest absolute Gasteiger partial charge is 0.702 e. The van der Waals surface area contributed by atoms with Crippen LogP contribution in [-0.2, 0) is 30.5 Å². The van der Waals surface area contributed by atoms with Crippen LogP contribution in [0.25, 0.3) is 0 Å². The first-order valence-corrected chi connectivity index (χ1v) is 8.94. The van der Waals surface area contributed by atoms with E-state index in [-0.39, 0.29) is 0 Å². The molecule has 1 aliphatic heterocycles. The topological polar surface area (TPSA) is 9.23 Å². The first kappa shape index (κ1) is 12.7. The summed E-state index contributed by atoms with van der Waals surface area (Å²) in [5, 5.41) is 1.03. The summed E-state index contributed by atoms with van der Waals surface area (Å²) in [5.41, 5.74) is -1.13. The number of allylic oxidation sites excluding steroid dienone is 5. The molecule has 1 heterocycles. The van der Waals surface area contributed by atoms with E-state index in [1.165, 1.54) is 0 Å². The summed E-state index contributed by atoms with van der Waals surface area (Å²) in [6, 6.07) is 7.91. The fraction of sp³-hybridized carbons (Fsp3) is 0.0769. The summed E-state index contributed by atoms with van der Waals surface area (Å²) < 4.78 is 5.78. The lowest BCUT2D eigenvalue weighted by Crippen LogP contribution is -2.05. The molecule has 0 bridgehead atoms. The Bertz CT molecular complexity index is 546. The average Bonchev–Trinajstić information content (AvgIpc) is 2.29. The maximum atomic E-state index is 5.78. The molecular formula is C13H12OPS2-. The molecule has 2 rings (SSSR count). The average molecular weight is 279 g/mol. The van der Waals surface area contributed by atoms with Crippen molar-refractivity contribution in [3.8, 4) is 5.75 Å². The smallest absolute Gasteiger partial charge is 0.125 e. The van der Waals surface area contributed by atoms with Gasteiger partial charge < -0.3 is 16.8 Å². The second-order valence-electron chi connectivity index (χ2n) is 3.65. The quantitative estimate of drug-likeness (QED) is 0.458. The molecule has 0 aliphatic carbocycles.